The van der Waals surface area contributed by atoms with E-state index in [9.17, 15) is 4.79 Å². The zero-order chi connectivity index (χ0) is 9.72. The summed E-state index contributed by atoms with van der Waals surface area (Å²) in [6.45, 7) is -0.754. The Morgan fingerprint density at radius 2 is 1.92 bits per heavy atom. The topological polar surface area (TPSA) is 136 Å². The van der Waals surface area contributed by atoms with Crippen molar-refractivity contribution in [3.63, 3.8) is 0 Å². The van der Waals surface area contributed by atoms with Crippen LogP contribution in [0.15, 0.2) is 0 Å². The largest absolute Gasteiger partial charge is 0.394 e. The average Bonchev–Trinajstić information content (AvgIpc) is 2.12. The molecule has 72 valence electrons. The Morgan fingerprint density at radius 1 is 1.42 bits per heavy atom. The molecule has 0 heterocycles. The average molecular weight is 180 g/mol. The molecule has 0 rings (SSSR count). The number of hydrazine groups is 1. The second kappa shape index (κ2) is 5.01. The van der Waals surface area contributed by atoms with Gasteiger partial charge in [0.05, 0.1) is 6.61 Å². The third-order valence-electron chi connectivity index (χ3n) is 1.32. The summed E-state index contributed by atoms with van der Waals surface area (Å²) in [5.74, 6) is 3.61. The first-order chi connectivity index (χ1) is 5.54. The number of amides is 1. The third kappa shape index (κ3) is 2.72. The Kier molecular flexibility index (Phi) is 4.71. The maximum atomic E-state index is 10.5. The van der Waals surface area contributed by atoms with Crippen molar-refractivity contribution in [2.24, 2.45) is 5.84 Å². The molecule has 0 aliphatic rings. The number of carbonyl (C=O) groups excluding carboxylic acids is 1. The maximum Gasteiger partial charge on any atom is 0.265 e. The van der Waals surface area contributed by atoms with E-state index in [1.165, 1.54) is 0 Å². The first-order valence-corrected chi connectivity index (χ1v) is 3.20. The van der Waals surface area contributed by atoms with Gasteiger partial charge in [0.1, 0.15) is 12.2 Å². The summed E-state index contributed by atoms with van der Waals surface area (Å²) >= 11 is 0. The summed E-state index contributed by atoms with van der Waals surface area (Å²) in [7, 11) is 0. The van der Waals surface area contributed by atoms with Gasteiger partial charge in [-0.15, -0.1) is 0 Å². The Morgan fingerprint density at radius 3 is 2.25 bits per heavy atom. The normalized spacial score (nSPS) is 18.1. The van der Waals surface area contributed by atoms with Crippen molar-refractivity contribution in [3.05, 3.63) is 0 Å². The molecule has 0 aromatic rings. The summed E-state index contributed by atoms with van der Waals surface area (Å²) in [5.41, 5.74) is 1.58. The van der Waals surface area contributed by atoms with Crippen molar-refractivity contribution in [3.8, 4) is 0 Å². The summed E-state index contributed by atoms with van der Waals surface area (Å²) in [6, 6.07) is 0. The number of aliphatic hydroxyl groups is 4. The van der Waals surface area contributed by atoms with E-state index >= 15 is 0 Å². The highest BCUT2D eigenvalue weighted by Gasteiger charge is 2.29. The minimum Gasteiger partial charge on any atom is -0.394 e. The molecule has 12 heavy (non-hydrogen) atoms. The van der Waals surface area contributed by atoms with Crippen LogP contribution in [0.5, 0.6) is 0 Å². The third-order valence-corrected chi connectivity index (χ3v) is 1.32. The van der Waals surface area contributed by atoms with Crippen molar-refractivity contribution in [1.82, 2.24) is 5.43 Å². The molecule has 0 spiro atoms. The zero-order valence-corrected chi connectivity index (χ0v) is 6.21. The van der Waals surface area contributed by atoms with Crippen LogP contribution in [-0.2, 0) is 4.79 Å². The minimum absolute atomic E-state index is 0.754. The number of hydrogen-bond acceptors (Lipinski definition) is 6. The fourth-order valence-corrected chi connectivity index (χ4v) is 0.559. The standard InChI is InChI=1S/C5H12N2O5/c6-7-5(12)4(11)3(10)2(9)1-8/h2-4,8-11H,1,6H2,(H,7,12)/t2-,3-,4-/m1/s1. The van der Waals surface area contributed by atoms with Gasteiger partial charge >= 0.3 is 0 Å². The van der Waals surface area contributed by atoms with Crippen molar-refractivity contribution < 1.29 is 25.2 Å². The van der Waals surface area contributed by atoms with E-state index in [1.807, 2.05) is 0 Å². The summed E-state index contributed by atoms with van der Waals surface area (Å²) in [4.78, 5) is 10.5. The lowest BCUT2D eigenvalue weighted by Gasteiger charge is -2.19. The molecule has 0 aromatic heterocycles. The number of nitrogens with two attached hydrogens (primary N) is 1. The summed E-state index contributed by atoms with van der Waals surface area (Å²) in [6.07, 6.45) is -5.17. The van der Waals surface area contributed by atoms with Gasteiger partial charge in [0.25, 0.3) is 5.91 Å². The van der Waals surface area contributed by atoms with Crippen molar-refractivity contribution in [2.45, 2.75) is 18.3 Å². The van der Waals surface area contributed by atoms with E-state index in [-0.39, 0.29) is 0 Å². The van der Waals surface area contributed by atoms with Crippen LogP contribution in [-0.4, -0.2) is 51.3 Å². The van der Waals surface area contributed by atoms with Crippen LogP contribution < -0.4 is 11.3 Å². The number of hydrogen-bond donors (Lipinski definition) is 6. The molecule has 0 fully saturated rings. The molecular formula is C5H12N2O5. The maximum absolute atomic E-state index is 10.5. The second-order valence-electron chi connectivity index (χ2n) is 2.19. The van der Waals surface area contributed by atoms with Crippen LogP contribution in [0.4, 0.5) is 0 Å². The van der Waals surface area contributed by atoms with Crippen LogP contribution in [0.25, 0.3) is 0 Å². The van der Waals surface area contributed by atoms with E-state index < -0.39 is 30.8 Å². The van der Waals surface area contributed by atoms with Crippen LogP contribution in [0, 0.1) is 0 Å². The molecule has 7 nitrogen and oxygen atoms in total. The molecule has 0 radical (unpaired) electrons. The van der Waals surface area contributed by atoms with E-state index in [0.29, 0.717) is 0 Å². The quantitative estimate of drug-likeness (QED) is 0.148. The lowest BCUT2D eigenvalue weighted by Crippen LogP contribution is -2.50. The molecule has 0 unspecified atom stereocenters. The molecule has 0 saturated heterocycles. The predicted octanol–water partition coefficient (Wildman–Crippen LogP) is -3.95. The van der Waals surface area contributed by atoms with Crippen molar-refractivity contribution in [1.29, 1.82) is 0 Å². The Bertz CT molecular complexity index is 153. The fraction of sp³-hybridized carbons (Fsp3) is 0.800. The minimum atomic E-state index is -1.85. The van der Waals surface area contributed by atoms with Gasteiger partial charge in [0.15, 0.2) is 6.10 Å². The number of nitrogens with one attached hydrogen (secondary N) is 1. The molecule has 3 atom stereocenters. The summed E-state index contributed by atoms with van der Waals surface area (Å²) in [5, 5.41) is 34.9. The molecule has 0 aromatic carbocycles. The van der Waals surface area contributed by atoms with Gasteiger partial charge in [-0.3, -0.25) is 10.2 Å². The molecule has 1 amide bonds. The molecule has 0 aliphatic heterocycles. The number of carbonyl (C=O) groups is 1. The molecule has 0 aliphatic carbocycles. The Labute approximate surface area is 68.4 Å². The van der Waals surface area contributed by atoms with Gasteiger partial charge < -0.3 is 20.4 Å². The Hall–Kier alpha value is -0.730. The van der Waals surface area contributed by atoms with E-state index in [2.05, 4.69) is 5.84 Å². The van der Waals surface area contributed by atoms with Crippen molar-refractivity contribution in [2.75, 3.05) is 6.61 Å². The van der Waals surface area contributed by atoms with Gasteiger partial charge in [0, 0.05) is 0 Å². The molecule has 7 N–H and O–H groups in total. The number of rotatable bonds is 4. The summed E-state index contributed by atoms with van der Waals surface area (Å²) < 4.78 is 0. The Balaban J connectivity index is 4.08. The number of aliphatic hydroxyl groups excluding tert-OH is 4. The van der Waals surface area contributed by atoms with Crippen LogP contribution in [0.1, 0.15) is 0 Å². The zero-order valence-electron chi connectivity index (χ0n) is 6.21. The van der Waals surface area contributed by atoms with Crippen LogP contribution in [0.2, 0.25) is 0 Å². The lowest BCUT2D eigenvalue weighted by molar-refractivity contribution is -0.142. The van der Waals surface area contributed by atoms with E-state index in [1.54, 1.807) is 5.43 Å². The predicted molar refractivity (Wildman–Crippen MR) is 37.4 cm³/mol. The van der Waals surface area contributed by atoms with Gasteiger partial charge in [-0.2, -0.15) is 0 Å². The highest BCUT2D eigenvalue weighted by molar-refractivity contribution is 5.80. The van der Waals surface area contributed by atoms with Gasteiger partial charge in [-0.1, -0.05) is 0 Å². The van der Waals surface area contributed by atoms with Crippen molar-refractivity contribution >= 4 is 5.91 Å². The van der Waals surface area contributed by atoms with Gasteiger partial charge in [-0.25, -0.2) is 5.84 Å². The molecule has 0 bridgehead atoms. The smallest absolute Gasteiger partial charge is 0.265 e. The second-order valence-corrected chi connectivity index (χ2v) is 2.19. The molecule has 7 heteroatoms. The first-order valence-electron chi connectivity index (χ1n) is 3.20. The monoisotopic (exact) mass is 180 g/mol. The van der Waals surface area contributed by atoms with Crippen LogP contribution in [0.3, 0.4) is 0 Å². The molecule has 0 saturated carbocycles. The fourth-order valence-electron chi connectivity index (χ4n) is 0.559. The van der Waals surface area contributed by atoms with Crippen LogP contribution >= 0.6 is 0 Å². The highest BCUT2D eigenvalue weighted by atomic mass is 16.4. The lowest BCUT2D eigenvalue weighted by atomic mass is 10.1. The van der Waals surface area contributed by atoms with E-state index in [0.717, 1.165) is 0 Å². The van der Waals surface area contributed by atoms with Gasteiger partial charge in [-0.05, 0) is 0 Å². The SMILES string of the molecule is NNC(=O)[C@H](O)[C@H](O)[C@H](O)CO. The first kappa shape index (κ1) is 11.3. The molecular weight excluding hydrogens is 168 g/mol. The van der Waals surface area contributed by atoms with E-state index in [4.69, 9.17) is 20.4 Å². The highest BCUT2D eigenvalue weighted by Crippen LogP contribution is 1.99. The van der Waals surface area contributed by atoms with Gasteiger partial charge in [0.2, 0.25) is 0 Å².